The second-order valence-electron chi connectivity index (χ2n) is 6.38. The highest BCUT2D eigenvalue weighted by Crippen LogP contribution is 2.31. The minimum Gasteiger partial charge on any atom is -0.489 e. The fourth-order valence-electron chi connectivity index (χ4n) is 2.16. The van der Waals surface area contributed by atoms with E-state index in [1.807, 2.05) is 25.1 Å². The van der Waals surface area contributed by atoms with Crippen LogP contribution in [0.25, 0.3) is 0 Å². The fraction of sp³-hybridized carbons (Fsp3) is 0.500. The smallest absolute Gasteiger partial charge is 0.408 e. The Morgan fingerprint density at radius 1 is 1.41 bits per heavy atom. The molecule has 1 N–H and O–H groups in total. The molecular weight excluding hydrogens is 284 g/mol. The van der Waals surface area contributed by atoms with E-state index in [-0.39, 0.29) is 12.5 Å². The summed E-state index contributed by atoms with van der Waals surface area (Å²) in [6.07, 6.45) is -0.634. The zero-order valence-corrected chi connectivity index (χ0v) is 13.6. The Hall–Kier alpha value is -2.24. The van der Waals surface area contributed by atoms with Crippen LogP contribution in [-0.4, -0.2) is 37.3 Å². The second kappa shape index (κ2) is 5.87. The van der Waals surface area contributed by atoms with Crippen LogP contribution >= 0.6 is 0 Å². The molecular formula is C16H22N2O4. The number of nitrogens with one attached hydrogen (secondary N) is 1. The number of hydrogen-bond donors (Lipinski definition) is 1. The number of likely N-dealkylation sites (N-methyl/N-ethyl adjacent to an activating group) is 1. The largest absolute Gasteiger partial charge is 0.489 e. The number of amides is 2. The molecule has 1 aromatic carbocycles. The van der Waals surface area contributed by atoms with Gasteiger partial charge in [-0.05, 0) is 45.4 Å². The Kier molecular flexibility index (Phi) is 4.30. The van der Waals surface area contributed by atoms with E-state index >= 15 is 0 Å². The summed E-state index contributed by atoms with van der Waals surface area (Å²) in [7, 11) is 1.66. The predicted octanol–water partition coefficient (Wildman–Crippen LogP) is 2.24. The Balaban J connectivity index is 2.14. The number of rotatable bonds is 1. The van der Waals surface area contributed by atoms with E-state index in [1.165, 1.54) is 4.90 Å². The molecule has 1 aromatic rings. The summed E-state index contributed by atoms with van der Waals surface area (Å²) in [6.45, 7) is 7.32. The number of fused-ring (bicyclic) bond motifs is 1. The van der Waals surface area contributed by atoms with Crippen molar-refractivity contribution in [1.29, 1.82) is 0 Å². The average molecular weight is 306 g/mol. The zero-order valence-electron chi connectivity index (χ0n) is 13.6. The fourth-order valence-corrected chi connectivity index (χ4v) is 2.16. The van der Waals surface area contributed by atoms with Gasteiger partial charge in [0.15, 0.2) is 0 Å². The molecule has 1 aliphatic rings. The van der Waals surface area contributed by atoms with Crippen molar-refractivity contribution in [2.24, 2.45) is 0 Å². The predicted molar refractivity (Wildman–Crippen MR) is 83.2 cm³/mol. The molecule has 0 aromatic heterocycles. The molecule has 0 saturated heterocycles. The van der Waals surface area contributed by atoms with E-state index in [2.05, 4.69) is 5.32 Å². The molecule has 6 nitrogen and oxygen atoms in total. The first-order valence-electron chi connectivity index (χ1n) is 7.18. The van der Waals surface area contributed by atoms with Gasteiger partial charge in [0.2, 0.25) is 0 Å². The maximum atomic E-state index is 12.5. The highest BCUT2D eigenvalue weighted by Gasteiger charge is 2.31. The molecule has 0 saturated carbocycles. The number of nitrogens with zero attached hydrogens (tertiary/aromatic N) is 1. The van der Waals surface area contributed by atoms with E-state index in [1.54, 1.807) is 27.8 Å². The van der Waals surface area contributed by atoms with Gasteiger partial charge in [-0.3, -0.25) is 4.79 Å². The third-order valence-corrected chi connectivity index (χ3v) is 3.20. The normalized spacial score (nSPS) is 18.1. The van der Waals surface area contributed by atoms with E-state index in [0.717, 1.165) is 5.56 Å². The molecule has 2 amide bonds. The number of alkyl carbamates (subject to hydrolysis) is 1. The standard InChI is InChI=1S/C16H22N2O4/c1-10-6-7-12-13(8-10)21-9-11(14(19)18(12)5)17-15(20)22-16(2,3)4/h6-8,11H,9H2,1-5H3,(H,17,20)/t11-/m0/s1. The van der Waals surface area contributed by atoms with Crippen LogP contribution in [-0.2, 0) is 9.53 Å². The molecule has 0 radical (unpaired) electrons. The summed E-state index contributed by atoms with van der Waals surface area (Å²) in [5.41, 5.74) is 1.10. The molecule has 1 atom stereocenters. The van der Waals surface area contributed by atoms with Gasteiger partial charge < -0.3 is 19.7 Å². The third-order valence-electron chi connectivity index (χ3n) is 3.20. The van der Waals surface area contributed by atoms with Crippen molar-refractivity contribution in [3.63, 3.8) is 0 Å². The van der Waals surface area contributed by atoms with Crippen molar-refractivity contribution in [2.45, 2.75) is 39.3 Å². The van der Waals surface area contributed by atoms with Crippen LogP contribution < -0.4 is 15.0 Å². The number of ether oxygens (including phenoxy) is 2. The Morgan fingerprint density at radius 2 is 2.09 bits per heavy atom. The van der Waals surface area contributed by atoms with E-state index in [4.69, 9.17) is 9.47 Å². The molecule has 2 rings (SSSR count). The average Bonchev–Trinajstić information content (AvgIpc) is 2.49. The molecule has 0 aliphatic carbocycles. The lowest BCUT2D eigenvalue weighted by atomic mass is 10.2. The summed E-state index contributed by atoms with van der Waals surface area (Å²) in [5.74, 6) is 0.387. The van der Waals surface area contributed by atoms with Gasteiger partial charge in [0.25, 0.3) is 5.91 Å². The van der Waals surface area contributed by atoms with Crippen LogP contribution in [0.15, 0.2) is 18.2 Å². The summed E-state index contributed by atoms with van der Waals surface area (Å²) in [6, 6.07) is 4.83. The lowest BCUT2D eigenvalue weighted by molar-refractivity contribution is -0.120. The molecule has 22 heavy (non-hydrogen) atoms. The van der Waals surface area contributed by atoms with Crippen LogP contribution in [0.3, 0.4) is 0 Å². The van der Waals surface area contributed by atoms with Crippen LogP contribution in [0, 0.1) is 6.92 Å². The topological polar surface area (TPSA) is 67.9 Å². The maximum absolute atomic E-state index is 12.5. The molecule has 0 unspecified atom stereocenters. The first kappa shape index (κ1) is 16.1. The second-order valence-corrected chi connectivity index (χ2v) is 6.38. The van der Waals surface area contributed by atoms with Crippen molar-refractivity contribution in [2.75, 3.05) is 18.6 Å². The van der Waals surface area contributed by atoms with Gasteiger partial charge in [-0.2, -0.15) is 0 Å². The van der Waals surface area contributed by atoms with Gasteiger partial charge >= 0.3 is 6.09 Å². The number of aryl methyl sites for hydroxylation is 1. The maximum Gasteiger partial charge on any atom is 0.408 e. The summed E-state index contributed by atoms with van der Waals surface area (Å²) in [4.78, 5) is 25.8. The first-order chi connectivity index (χ1) is 10.2. The van der Waals surface area contributed by atoms with Crippen molar-refractivity contribution in [3.8, 4) is 5.75 Å². The minimum atomic E-state index is -0.785. The van der Waals surface area contributed by atoms with Gasteiger partial charge in [0.05, 0.1) is 5.69 Å². The molecule has 1 heterocycles. The highest BCUT2D eigenvalue weighted by atomic mass is 16.6. The molecule has 0 fully saturated rings. The van der Waals surface area contributed by atoms with Gasteiger partial charge in [0, 0.05) is 7.05 Å². The Bertz CT molecular complexity index is 592. The zero-order chi connectivity index (χ0) is 16.5. The number of carbonyl (C=O) groups excluding carboxylic acids is 2. The lowest BCUT2D eigenvalue weighted by Gasteiger charge is -2.23. The van der Waals surface area contributed by atoms with Crippen molar-refractivity contribution < 1.29 is 19.1 Å². The Labute approximate surface area is 130 Å². The number of carbonyl (C=O) groups is 2. The van der Waals surface area contributed by atoms with E-state index in [9.17, 15) is 9.59 Å². The van der Waals surface area contributed by atoms with Crippen LogP contribution in [0.4, 0.5) is 10.5 Å². The number of anilines is 1. The monoisotopic (exact) mass is 306 g/mol. The summed E-state index contributed by atoms with van der Waals surface area (Å²) < 4.78 is 10.9. The first-order valence-corrected chi connectivity index (χ1v) is 7.18. The highest BCUT2D eigenvalue weighted by molar-refractivity contribution is 6.00. The van der Waals surface area contributed by atoms with Gasteiger partial charge in [-0.15, -0.1) is 0 Å². The van der Waals surface area contributed by atoms with Crippen LogP contribution in [0.2, 0.25) is 0 Å². The van der Waals surface area contributed by atoms with Gasteiger partial charge in [-0.1, -0.05) is 6.07 Å². The summed E-state index contributed by atoms with van der Waals surface area (Å²) >= 11 is 0. The molecule has 0 bridgehead atoms. The van der Waals surface area contributed by atoms with E-state index in [0.29, 0.717) is 11.4 Å². The molecule has 120 valence electrons. The lowest BCUT2D eigenvalue weighted by Crippen LogP contribution is -2.50. The van der Waals surface area contributed by atoms with Gasteiger partial charge in [0.1, 0.15) is 24.0 Å². The Morgan fingerprint density at radius 3 is 2.73 bits per heavy atom. The number of benzene rings is 1. The third kappa shape index (κ3) is 3.69. The van der Waals surface area contributed by atoms with Crippen LogP contribution in [0.1, 0.15) is 26.3 Å². The van der Waals surface area contributed by atoms with Crippen molar-refractivity contribution in [1.82, 2.24) is 5.32 Å². The van der Waals surface area contributed by atoms with Crippen molar-refractivity contribution in [3.05, 3.63) is 23.8 Å². The SMILES string of the molecule is Cc1ccc2c(c1)OC[C@H](NC(=O)OC(C)(C)C)C(=O)N2C. The molecule has 1 aliphatic heterocycles. The van der Waals surface area contributed by atoms with Crippen molar-refractivity contribution >= 4 is 17.7 Å². The van der Waals surface area contributed by atoms with Gasteiger partial charge in [-0.25, -0.2) is 4.79 Å². The van der Waals surface area contributed by atoms with E-state index < -0.39 is 17.7 Å². The minimum absolute atomic E-state index is 0.0683. The van der Waals surface area contributed by atoms with Crippen LogP contribution in [0.5, 0.6) is 5.75 Å². The quantitative estimate of drug-likeness (QED) is 0.864. The molecule has 6 heteroatoms. The summed E-state index contributed by atoms with van der Waals surface area (Å²) in [5, 5.41) is 2.57. The molecule has 0 spiro atoms. The number of hydrogen-bond acceptors (Lipinski definition) is 4.